The van der Waals surface area contributed by atoms with Crippen LogP contribution in [0.4, 0.5) is 0 Å². The highest BCUT2D eigenvalue weighted by molar-refractivity contribution is 5.63. The van der Waals surface area contributed by atoms with E-state index in [-0.39, 0.29) is 6.04 Å². The summed E-state index contributed by atoms with van der Waals surface area (Å²) >= 11 is 0. The molecule has 0 fully saturated rings. The van der Waals surface area contributed by atoms with Crippen molar-refractivity contribution in [1.29, 1.82) is 0 Å². The Morgan fingerprint density at radius 1 is 1.05 bits per heavy atom. The first-order chi connectivity index (χ1) is 8.50. The molecule has 1 atom stereocenters. The van der Waals surface area contributed by atoms with Gasteiger partial charge in [-0.1, -0.05) is 6.08 Å². The van der Waals surface area contributed by atoms with E-state index < -0.39 is 17.9 Å². The minimum atomic E-state index is -0.833. The van der Waals surface area contributed by atoms with Gasteiger partial charge in [0, 0.05) is 33.4 Å². The van der Waals surface area contributed by atoms with E-state index in [2.05, 4.69) is 6.58 Å². The standard InChI is InChI=1S/C5H12N2.3C2H4O2/c1-2-3-5(7)4-6;3*1-2(3)4/h2,5H,1,3-4,6-7H2;3*1H3,(H,3,4). The van der Waals surface area contributed by atoms with Gasteiger partial charge in [0.05, 0.1) is 0 Å². The molecule has 0 amide bonds. The Hall–Kier alpha value is -1.93. The monoisotopic (exact) mass is 280 g/mol. The third-order valence-electron chi connectivity index (χ3n) is 0.772. The molecular formula is C11H24N2O6. The zero-order chi connectivity index (χ0) is 16.4. The van der Waals surface area contributed by atoms with Crippen molar-refractivity contribution in [2.75, 3.05) is 6.54 Å². The highest BCUT2D eigenvalue weighted by Gasteiger charge is 1.91. The highest BCUT2D eigenvalue weighted by atomic mass is 16.4. The fourth-order valence-electron chi connectivity index (χ4n) is 0.310. The summed E-state index contributed by atoms with van der Waals surface area (Å²) in [5.74, 6) is -2.50. The Kier molecular flexibility index (Phi) is 29.0. The van der Waals surface area contributed by atoms with E-state index in [1.807, 2.05) is 0 Å². The van der Waals surface area contributed by atoms with Crippen LogP contribution in [0.25, 0.3) is 0 Å². The Morgan fingerprint density at radius 2 is 1.26 bits per heavy atom. The van der Waals surface area contributed by atoms with Crippen molar-refractivity contribution >= 4 is 17.9 Å². The highest BCUT2D eigenvalue weighted by Crippen LogP contribution is 1.82. The van der Waals surface area contributed by atoms with Crippen molar-refractivity contribution in [1.82, 2.24) is 0 Å². The SMILES string of the molecule is C=CCC(N)CN.CC(=O)O.CC(=O)O.CC(=O)O. The summed E-state index contributed by atoms with van der Waals surface area (Å²) in [5.41, 5.74) is 10.6. The van der Waals surface area contributed by atoms with Crippen LogP contribution in [-0.2, 0) is 14.4 Å². The summed E-state index contributed by atoms with van der Waals surface area (Å²) < 4.78 is 0. The van der Waals surface area contributed by atoms with E-state index >= 15 is 0 Å². The van der Waals surface area contributed by atoms with Gasteiger partial charge in [-0.15, -0.1) is 6.58 Å². The number of carboxylic acids is 3. The molecule has 8 heteroatoms. The maximum absolute atomic E-state index is 9.00. The second kappa shape index (κ2) is 21.4. The number of carbonyl (C=O) groups is 3. The first-order valence-corrected chi connectivity index (χ1v) is 5.16. The second-order valence-corrected chi connectivity index (χ2v) is 3.08. The predicted octanol–water partition coefficient (Wildman–Crippen LogP) is 0.121. The minimum absolute atomic E-state index is 0.109. The molecule has 0 aliphatic heterocycles. The third-order valence-corrected chi connectivity index (χ3v) is 0.772. The molecule has 0 aromatic heterocycles. The molecular weight excluding hydrogens is 256 g/mol. The smallest absolute Gasteiger partial charge is 0.300 e. The lowest BCUT2D eigenvalue weighted by atomic mass is 10.2. The summed E-state index contributed by atoms with van der Waals surface area (Å²) in [6.07, 6.45) is 2.59. The molecule has 0 saturated heterocycles. The van der Waals surface area contributed by atoms with Gasteiger partial charge in [0.25, 0.3) is 17.9 Å². The molecule has 0 spiro atoms. The van der Waals surface area contributed by atoms with Gasteiger partial charge in [0.15, 0.2) is 0 Å². The van der Waals surface area contributed by atoms with E-state index in [1.165, 1.54) is 0 Å². The lowest BCUT2D eigenvalue weighted by Crippen LogP contribution is -2.28. The molecule has 0 aromatic rings. The Labute approximate surface area is 112 Å². The van der Waals surface area contributed by atoms with Gasteiger partial charge in [-0.25, -0.2) is 0 Å². The summed E-state index contributed by atoms with van der Waals surface area (Å²) in [7, 11) is 0. The van der Waals surface area contributed by atoms with E-state index in [4.69, 9.17) is 41.2 Å². The van der Waals surface area contributed by atoms with Crippen molar-refractivity contribution in [3.05, 3.63) is 12.7 Å². The molecule has 0 aliphatic rings. The van der Waals surface area contributed by atoms with Crippen LogP contribution in [0, 0.1) is 0 Å². The lowest BCUT2D eigenvalue weighted by Gasteiger charge is -2.00. The molecule has 7 N–H and O–H groups in total. The number of hydrogen-bond donors (Lipinski definition) is 5. The topological polar surface area (TPSA) is 164 Å². The van der Waals surface area contributed by atoms with E-state index in [0.717, 1.165) is 27.2 Å². The van der Waals surface area contributed by atoms with Crippen LogP contribution in [0.5, 0.6) is 0 Å². The molecule has 0 bridgehead atoms. The van der Waals surface area contributed by atoms with Crippen LogP contribution in [0.15, 0.2) is 12.7 Å². The van der Waals surface area contributed by atoms with Crippen LogP contribution >= 0.6 is 0 Å². The zero-order valence-corrected chi connectivity index (χ0v) is 11.5. The lowest BCUT2D eigenvalue weighted by molar-refractivity contribution is -0.135. The van der Waals surface area contributed by atoms with Gasteiger partial charge < -0.3 is 26.8 Å². The molecule has 0 heterocycles. The number of hydrogen-bond acceptors (Lipinski definition) is 5. The Morgan fingerprint density at radius 3 is 1.32 bits per heavy atom. The Balaban J connectivity index is -0.0000000825. The molecule has 0 radical (unpaired) electrons. The van der Waals surface area contributed by atoms with Gasteiger partial charge in [0.2, 0.25) is 0 Å². The van der Waals surface area contributed by atoms with Crippen LogP contribution in [0.3, 0.4) is 0 Å². The molecule has 19 heavy (non-hydrogen) atoms. The number of nitrogens with two attached hydrogens (primary N) is 2. The molecule has 0 rings (SSSR count). The van der Waals surface area contributed by atoms with E-state index in [1.54, 1.807) is 6.08 Å². The van der Waals surface area contributed by atoms with Crippen molar-refractivity contribution in [2.24, 2.45) is 11.5 Å². The summed E-state index contributed by atoms with van der Waals surface area (Å²) in [6.45, 7) is 7.31. The van der Waals surface area contributed by atoms with E-state index in [0.29, 0.717) is 6.54 Å². The Bertz CT molecular complexity index is 215. The first kappa shape index (κ1) is 25.8. The fourth-order valence-corrected chi connectivity index (χ4v) is 0.310. The molecule has 114 valence electrons. The average Bonchev–Trinajstić information content (AvgIpc) is 2.15. The quantitative estimate of drug-likeness (QED) is 0.455. The minimum Gasteiger partial charge on any atom is -0.481 e. The summed E-state index contributed by atoms with van der Waals surface area (Å²) in [4.78, 5) is 27.0. The fraction of sp³-hybridized carbons (Fsp3) is 0.545. The normalized spacial score (nSPS) is 8.89. The average molecular weight is 280 g/mol. The molecule has 0 aliphatic carbocycles. The molecule has 8 nitrogen and oxygen atoms in total. The largest absolute Gasteiger partial charge is 0.481 e. The van der Waals surface area contributed by atoms with Gasteiger partial charge in [-0.05, 0) is 6.42 Å². The number of rotatable bonds is 3. The second-order valence-electron chi connectivity index (χ2n) is 3.08. The van der Waals surface area contributed by atoms with Crippen molar-refractivity contribution in [2.45, 2.75) is 33.2 Å². The summed E-state index contributed by atoms with van der Waals surface area (Å²) in [5, 5.41) is 22.2. The molecule has 0 saturated carbocycles. The van der Waals surface area contributed by atoms with Gasteiger partial charge >= 0.3 is 0 Å². The van der Waals surface area contributed by atoms with Gasteiger partial charge in [0.1, 0.15) is 0 Å². The maximum atomic E-state index is 9.00. The van der Waals surface area contributed by atoms with Gasteiger partial charge in [-0.2, -0.15) is 0 Å². The molecule has 1 unspecified atom stereocenters. The van der Waals surface area contributed by atoms with Crippen molar-refractivity contribution in [3.8, 4) is 0 Å². The predicted molar refractivity (Wildman–Crippen MR) is 71.8 cm³/mol. The van der Waals surface area contributed by atoms with E-state index in [9.17, 15) is 0 Å². The maximum Gasteiger partial charge on any atom is 0.300 e. The van der Waals surface area contributed by atoms with Gasteiger partial charge in [-0.3, -0.25) is 14.4 Å². The van der Waals surface area contributed by atoms with Crippen LogP contribution in [0.1, 0.15) is 27.2 Å². The number of aliphatic carboxylic acids is 3. The van der Waals surface area contributed by atoms with Crippen LogP contribution < -0.4 is 11.5 Å². The number of carboxylic acid groups (broad SMARTS) is 3. The van der Waals surface area contributed by atoms with Crippen molar-refractivity contribution in [3.63, 3.8) is 0 Å². The zero-order valence-electron chi connectivity index (χ0n) is 11.5. The van der Waals surface area contributed by atoms with Crippen LogP contribution in [0.2, 0.25) is 0 Å². The molecule has 0 aromatic carbocycles. The summed E-state index contributed by atoms with van der Waals surface area (Å²) in [6, 6.07) is 0.109. The first-order valence-electron chi connectivity index (χ1n) is 5.16. The van der Waals surface area contributed by atoms with Crippen LogP contribution in [-0.4, -0.2) is 45.8 Å². The third kappa shape index (κ3) is 338. The van der Waals surface area contributed by atoms with Crippen molar-refractivity contribution < 1.29 is 29.7 Å².